The van der Waals surface area contributed by atoms with Gasteiger partial charge in [-0.2, -0.15) is 0 Å². The van der Waals surface area contributed by atoms with E-state index in [2.05, 4.69) is 5.16 Å². The van der Waals surface area contributed by atoms with Gasteiger partial charge in [0, 0.05) is 36.1 Å². The van der Waals surface area contributed by atoms with E-state index in [1.165, 1.54) is 12.1 Å². The molecule has 148 valence electrons. The summed E-state index contributed by atoms with van der Waals surface area (Å²) in [6, 6.07) is 13.5. The number of carbonyl (C=O) groups is 2. The van der Waals surface area contributed by atoms with Gasteiger partial charge >= 0.3 is 0 Å². The Morgan fingerprint density at radius 3 is 2.52 bits per heavy atom. The summed E-state index contributed by atoms with van der Waals surface area (Å²) in [6.07, 6.45) is 0.971. The van der Waals surface area contributed by atoms with Crippen LogP contribution in [0.3, 0.4) is 0 Å². The molecule has 0 radical (unpaired) electrons. The van der Waals surface area contributed by atoms with Crippen molar-refractivity contribution in [2.24, 2.45) is 0 Å². The second-order valence-corrected chi connectivity index (χ2v) is 7.30. The zero-order chi connectivity index (χ0) is 20.4. The lowest BCUT2D eigenvalue weighted by Gasteiger charge is -2.26. The number of hydrogen-bond donors (Lipinski definition) is 0. The van der Waals surface area contributed by atoms with Crippen molar-refractivity contribution in [3.63, 3.8) is 0 Å². The third kappa shape index (κ3) is 4.11. The highest BCUT2D eigenvalue weighted by Crippen LogP contribution is 2.30. The van der Waals surface area contributed by atoms with Gasteiger partial charge in [-0.15, -0.1) is 0 Å². The molecule has 0 unspecified atom stereocenters. The number of aryl methyl sites for hydroxylation is 1. The Morgan fingerprint density at radius 2 is 1.79 bits per heavy atom. The molecular formula is C23H21FN2O3. The second kappa shape index (κ2) is 7.99. The van der Waals surface area contributed by atoms with Crippen LogP contribution < -0.4 is 0 Å². The summed E-state index contributed by atoms with van der Waals surface area (Å²) in [5.74, 6) is 0.222. The molecule has 2 heterocycles. The standard InChI is InChI=1S/C23H21FN2O3/c1-15-2-4-16(5-3-15)21(27)10-11-22(28)26-13-12-19-20(14-26)25-29-23(19)17-6-8-18(24)9-7-17/h2-9H,10-14H2,1H3. The Labute approximate surface area is 168 Å². The first-order valence-electron chi connectivity index (χ1n) is 9.62. The fourth-order valence-corrected chi connectivity index (χ4v) is 3.53. The molecule has 4 rings (SSSR count). The lowest BCUT2D eigenvalue weighted by molar-refractivity contribution is -0.132. The normalized spacial score (nSPS) is 13.2. The largest absolute Gasteiger partial charge is 0.356 e. The molecule has 1 aromatic heterocycles. The molecule has 1 amide bonds. The highest BCUT2D eigenvalue weighted by Gasteiger charge is 2.27. The van der Waals surface area contributed by atoms with Gasteiger partial charge in [-0.3, -0.25) is 9.59 Å². The van der Waals surface area contributed by atoms with E-state index in [0.29, 0.717) is 36.5 Å². The van der Waals surface area contributed by atoms with Crippen molar-refractivity contribution in [1.82, 2.24) is 10.1 Å². The molecule has 2 aromatic carbocycles. The lowest BCUT2D eigenvalue weighted by atomic mass is 10.00. The first-order valence-corrected chi connectivity index (χ1v) is 9.62. The van der Waals surface area contributed by atoms with Gasteiger partial charge in [0.25, 0.3) is 0 Å². The average molecular weight is 392 g/mol. The van der Waals surface area contributed by atoms with Crippen LogP contribution in [0.15, 0.2) is 53.1 Å². The van der Waals surface area contributed by atoms with Crippen LogP contribution in [0.25, 0.3) is 11.3 Å². The molecule has 6 heteroatoms. The predicted molar refractivity (Wildman–Crippen MR) is 106 cm³/mol. The SMILES string of the molecule is Cc1ccc(C(=O)CCC(=O)N2CCc3c(noc3-c3ccc(F)cc3)C2)cc1. The molecule has 0 saturated carbocycles. The van der Waals surface area contributed by atoms with Gasteiger partial charge < -0.3 is 9.42 Å². The molecular weight excluding hydrogens is 371 g/mol. The zero-order valence-corrected chi connectivity index (χ0v) is 16.2. The van der Waals surface area contributed by atoms with E-state index >= 15 is 0 Å². The number of rotatable bonds is 5. The van der Waals surface area contributed by atoms with Gasteiger partial charge in [-0.25, -0.2) is 4.39 Å². The van der Waals surface area contributed by atoms with Crippen LogP contribution in [0, 0.1) is 12.7 Å². The summed E-state index contributed by atoms with van der Waals surface area (Å²) in [6.45, 7) is 2.87. The maximum Gasteiger partial charge on any atom is 0.223 e. The quantitative estimate of drug-likeness (QED) is 0.606. The number of benzene rings is 2. The Morgan fingerprint density at radius 1 is 1.07 bits per heavy atom. The number of hydrogen-bond acceptors (Lipinski definition) is 4. The maximum absolute atomic E-state index is 13.1. The van der Waals surface area contributed by atoms with Crippen molar-refractivity contribution < 1.29 is 18.5 Å². The third-order valence-corrected chi connectivity index (χ3v) is 5.24. The molecule has 29 heavy (non-hydrogen) atoms. The van der Waals surface area contributed by atoms with Crippen LogP contribution in [0.2, 0.25) is 0 Å². The van der Waals surface area contributed by atoms with Gasteiger partial charge in [0.2, 0.25) is 5.91 Å². The fourth-order valence-electron chi connectivity index (χ4n) is 3.53. The lowest BCUT2D eigenvalue weighted by Crippen LogP contribution is -2.36. The number of carbonyl (C=O) groups excluding carboxylic acids is 2. The molecule has 0 atom stereocenters. The van der Waals surface area contributed by atoms with Crippen molar-refractivity contribution in [3.8, 4) is 11.3 Å². The first-order chi connectivity index (χ1) is 14.0. The van der Waals surface area contributed by atoms with Crippen LogP contribution in [0.1, 0.15) is 40.0 Å². The van der Waals surface area contributed by atoms with Crippen LogP contribution in [0.4, 0.5) is 4.39 Å². The number of nitrogens with zero attached hydrogens (tertiary/aromatic N) is 2. The fraction of sp³-hybridized carbons (Fsp3) is 0.261. The van der Waals surface area contributed by atoms with E-state index in [9.17, 15) is 14.0 Å². The van der Waals surface area contributed by atoms with Gasteiger partial charge in [-0.1, -0.05) is 35.0 Å². The molecule has 0 bridgehead atoms. The zero-order valence-electron chi connectivity index (χ0n) is 16.2. The number of halogens is 1. The molecule has 0 N–H and O–H groups in total. The summed E-state index contributed by atoms with van der Waals surface area (Å²) in [7, 11) is 0. The summed E-state index contributed by atoms with van der Waals surface area (Å²) >= 11 is 0. The molecule has 0 fully saturated rings. The Balaban J connectivity index is 1.38. The van der Waals surface area contributed by atoms with Crippen LogP contribution in [0.5, 0.6) is 0 Å². The van der Waals surface area contributed by atoms with Crippen LogP contribution in [-0.2, 0) is 17.8 Å². The molecule has 1 aliphatic heterocycles. The van der Waals surface area contributed by atoms with E-state index < -0.39 is 0 Å². The van der Waals surface area contributed by atoms with Crippen LogP contribution in [-0.4, -0.2) is 28.3 Å². The molecule has 5 nitrogen and oxygen atoms in total. The van der Waals surface area contributed by atoms with E-state index in [1.54, 1.807) is 29.2 Å². The molecule has 0 saturated heterocycles. The second-order valence-electron chi connectivity index (χ2n) is 7.30. The number of fused-ring (bicyclic) bond motifs is 1. The molecule has 1 aliphatic rings. The van der Waals surface area contributed by atoms with Crippen molar-refractivity contribution in [2.75, 3.05) is 6.54 Å². The van der Waals surface area contributed by atoms with Crippen molar-refractivity contribution >= 4 is 11.7 Å². The monoisotopic (exact) mass is 392 g/mol. The van der Waals surface area contributed by atoms with Gasteiger partial charge in [0.05, 0.1) is 6.54 Å². The minimum atomic E-state index is -0.306. The number of aromatic nitrogens is 1. The Kier molecular flexibility index (Phi) is 5.25. The Bertz CT molecular complexity index is 1040. The number of amides is 1. The maximum atomic E-state index is 13.1. The average Bonchev–Trinajstić information content (AvgIpc) is 3.16. The first kappa shape index (κ1) is 19.1. The van der Waals surface area contributed by atoms with E-state index in [1.807, 2.05) is 19.1 Å². The van der Waals surface area contributed by atoms with Gasteiger partial charge in [0.1, 0.15) is 11.5 Å². The summed E-state index contributed by atoms with van der Waals surface area (Å²) < 4.78 is 18.6. The van der Waals surface area contributed by atoms with Crippen molar-refractivity contribution in [3.05, 3.63) is 76.7 Å². The summed E-state index contributed by atoms with van der Waals surface area (Å²) in [5.41, 5.74) is 4.16. The van der Waals surface area contributed by atoms with E-state index in [4.69, 9.17) is 4.52 Å². The highest BCUT2D eigenvalue weighted by molar-refractivity contribution is 5.98. The van der Waals surface area contributed by atoms with Gasteiger partial charge in [-0.05, 0) is 37.6 Å². The van der Waals surface area contributed by atoms with E-state index in [-0.39, 0.29) is 30.3 Å². The number of ketones is 1. The topological polar surface area (TPSA) is 63.4 Å². The molecule has 3 aromatic rings. The number of Topliss-reactive ketones (excluding diaryl/α,β-unsaturated/α-hetero) is 1. The third-order valence-electron chi connectivity index (χ3n) is 5.24. The summed E-state index contributed by atoms with van der Waals surface area (Å²) in [4.78, 5) is 26.6. The van der Waals surface area contributed by atoms with Crippen molar-refractivity contribution in [2.45, 2.75) is 32.7 Å². The Hall–Kier alpha value is -3.28. The minimum absolute atomic E-state index is 0.0314. The minimum Gasteiger partial charge on any atom is -0.356 e. The van der Waals surface area contributed by atoms with Crippen LogP contribution >= 0.6 is 0 Å². The summed E-state index contributed by atoms with van der Waals surface area (Å²) in [5, 5.41) is 4.11. The molecule has 0 aliphatic carbocycles. The van der Waals surface area contributed by atoms with Crippen molar-refractivity contribution in [1.29, 1.82) is 0 Å². The molecule has 0 spiro atoms. The highest BCUT2D eigenvalue weighted by atomic mass is 19.1. The van der Waals surface area contributed by atoms with Gasteiger partial charge in [0.15, 0.2) is 11.5 Å². The smallest absolute Gasteiger partial charge is 0.223 e. The van der Waals surface area contributed by atoms with E-state index in [0.717, 1.165) is 16.7 Å². The predicted octanol–water partition coefficient (Wildman–Crippen LogP) is 4.34.